The Morgan fingerprint density at radius 3 is 2.64 bits per heavy atom. The molecule has 1 N–H and O–H groups in total. The Kier molecular flexibility index (Phi) is 5.61. The van der Waals surface area contributed by atoms with Crippen LogP contribution in [0.2, 0.25) is 20.1 Å². The van der Waals surface area contributed by atoms with Gasteiger partial charge in [0.15, 0.2) is 11.2 Å². The Balaban J connectivity index is 1.74. The van der Waals surface area contributed by atoms with Crippen LogP contribution in [0.4, 0.5) is 5.13 Å². The number of hydrogen-bond donors (Lipinski definition) is 1. The van der Waals surface area contributed by atoms with Crippen molar-refractivity contribution in [3.05, 3.63) is 50.4 Å². The third kappa shape index (κ3) is 4.13. The van der Waals surface area contributed by atoms with Crippen LogP contribution < -0.4 is 10.1 Å². The van der Waals surface area contributed by atoms with Gasteiger partial charge >= 0.3 is 0 Å². The fourth-order valence-electron chi connectivity index (χ4n) is 2.01. The number of thiazole rings is 1. The van der Waals surface area contributed by atoms with Crippen molar-refractivity contribution >= 4 is 79.0 Å². The maximum absolute atomic E-state index is 12.3. The number of anilines is 1. The highest BCUT2D eigenvalue weighted by Crippen LogP contribution is 2.35. The van der Waals surface area contributed by atoms with E-state index in [1.165, 1.54) is 11.3 Å². The molecule has 0 saturated carbocycles. The highest BCUT2D eigenvalue weighted by molar-refractivity contribution is 7.22. The van der Waals surface area contributed by atoms with Crippen LogP contribution >= 0.6 is 57.7 Å². The smallest absolute Gasteiger partial charge is 0.266 e. The summed E-state index contributed by atoms with van der Waals surface area (Å²) in [6.07, 6.45) is -0.787. The molecule has 0 fully saturated rings. The molecule has 0 spiro atoms. The van der Waals surface area contributed by atoms with Crippen molar-refractivity contribution in [2.45, 2.75) is 13.0 Å². The van der Waals surface area contributed by atoms with Gasteiger partial charge in [0.2, 0.25) is 0 Å². The van der Waals surface area contributed by atoms with E-state index in [4.69, 9.17) is 51.1 Å². The van der Waals surface area contributed by atoms with Gasteiger partial charge in [-0.3, -0.25) is 10.1 Å². The Bertz CT molecular complexity index is 961. The maximum Gasteiger partial charge on any atom is 0.266 e. The molecule has 1 aromatic heterocycles. The van der Waals surface area contributed by atoms with E-state index in [1.807, 2.05) is 0 Å². The van der Waals surface area contributed by atoms with Crippen LogP contribution in [0.15, 0.2) is 30.3 Å². The molecule has 1 atom stereocenters. The van der Waals surface area contributed by atoms with Gasteiger partial charge in [-0.1, -0.05) is 57.7 Å². The van der Waals surface area contributed by atoms with Crippen LogP contribution in [-0.4, -0.2) is 17.0 Å². The van der Waals surface area contributed by atoms with Crippen molar-refractivity contribution in [3.8, 4) is 5.75 Å². The zero-order chi connectivity index (χ0) is 18.1. The minimum absolute atomic E-state index is 0.327. The molecule has 1 heterocycles. The molecule has 0 saturated heterocycles. The van der Waals surface area contributed by atoms with Crippen LogP contribution in [0.1, 0.15) is 6.92 Å². The Labute approximate surface area is 167 Å². The molecule has 0 aliphatic rings. The summed E-state index contributed by atoms with van der Waals surface area (Å²) in [5.41, 5.74) is 0.545. The van der Waals surface area contributed by atoms with Crippen molar-refractivity contribution in [1.82, 2.24) is 4.98 Å². The molecule has 4 nitrogen and oxygen atoms in total. The molecule has 0 aliphatic heterocycles. The monoisotopic (exact) mass is 434 g/mol. The van der Waals surface area contributed by atoms with E-state index in [-0.39, 0.29) is 5.91 Å². The third-order valence-corrected chi connectivity index (χ3v) is 5.51. The van der Waals surface area contributed by atoms with E-state index in [1.54, 1.807) is 37.3 Å². The van der Waals surface area contributed by atoms with Gasteiger partial charge in [0.05, 0.1) is 19.8 Å². The summed E-state index contributed by atoms with van der Waals surface area (Å²) in [5, 5.41) is 4.68. The van der Waals surface area contributed by atoms with E-state index in [2.05, 4.69) is 10.3 Å². The minimum Gasteiger partial charge on any atom is -0.479 e. The number of nitrogens with one attached hydrogen (secondary N) is 1. The van der Waals surface area contributed by atoms with Crippen LogP contribution in [0.5, 0.6) is 5.75 Å². The van der Waals surface area contributed by atoms with Crippen molar-refractivity contribution < 1.29 is 9.53 Å². The number of aromatic nitrogens is 1. The van der Waals surface area contributed by atoms with Gasteiger partial charge in [-0.25, -0.2) is 4.98 Å². The standard InChI is InChI=1S/C16H10Cl4N2O2S/c1-7(24-11-4-2-8(17)6-10(11)19)15(23)22-16-21-14-12(25-16)5-3-9(18)13(14)20/h2-7H,1H3,(H,21,22,23). The molecular weight excluding hydrogens is 426 g/mol. The number of fused-ring (bicyclic) bond motifs is 1. The first-order chi connectivity index (χ1) is 11.8. The molecule has 3 aromatic rings. The second-order valence-electron chi connectivity index (χ2n) is 5.05. The molecule has 3 rings (SSSR count). The summed E-state index contributed by atoms with van der Waals surface area (Å²) in [6, 6.07) is 8.26. The topological polar surface area (TPSA) is 51.2 Å². The lowest BCUT2D eigenvalue weighted by atomic mass is 10.3. The molecule has 1 unspecified atom stereocenters. The largest absolute Gasteiger partial charge is 0.479 e. The molecule has 0 bridgehead atoms. The lowest BCUT2D eigenvalue weighted by Gasteiger charge is -2.14. The zero-order valence-electron chi connectivity index (χ0n) is 12.6. The van der Waals surface area contributed by atoms with Crippen molar-refractivity contribution in [3.63, 3.8) is 0 Å². The molecule has 130 valence electrons. The van der Waals surface area contributed by atoms with Gasteiger partial charge in [-0.05, 0) is 37.3 Å². The second-order valence-corrected chi connectivity index (χ2v) is 7.71. The van der Waals surface area contributed by atoms with Gasteiger partial charge in [0.25, 0.3) is 5.91 Å². The van der Waals surface area contributed by atoms with Crippen LogP contribution in [0.3, 0.4) is 0 Å². The molecule has 0 radical (unpaired) electrons. The van der Waals surface area contributed by atoms with Crippen LogP contribution in [-0.2, 0) is 4.79 Å². The van der Waals surface area contributed by atoms with Gasteiger partial charge in [-0.15, -0.1) is 0 Å². The first-order valence-corrected chi connectivity index (χ1v) is 9.35. The summed E-state index contributed by atoms with van der Waals surface area (Å²) in [5.74, 6) is 0.000125. The number of hydrogen-bond acceptors (Lipinski definition) is 4. The van der Waals surface area contributed by atoms with Crippen molar-refractivity contribution in [1.29, 1.82) is 0 Å². The number of ether oxygens (including phenoxy) is 1. The summed E-state index contributed by atoms with van der Waals surface area (Å²) in [6.45, 7) is 1.61. The normalized spacial score (nSPS) is 12.2. The predicted molar refractivity (Wildman–Crippen MR) is 105 cm³/mol. The fourth-order valence-corrected chi connectivity index (χ4v) is 3.76. The fraction of sp³-hybridized carbons (Fsp3) is 0.125. The summed E-state index contributed by atoms with van der Waals surface area (Å²) in [4.78, 5) is 16.6. The van der Waals surface area contributed by atoms with Crippen molar-refractivity contribution in [2.75, 3.05) is 5.32 Å². The second kappa shape index (κ2) is 7.56. The summed E-state index contributed by atoms with van der Waals surface area (Å²) in [7, 11) is 0. The quantitative estimate of drug-likeness (QED) is 0.521. The SMILES string of the molecule is CC(Oc1ccc(Cl)cc1Cl)C(=O)Nc1nc2c(Cl)c(Cl)ccc2s1. The van der Waals surface area contributed by atoms with E-state index >= 15 is 0 Å². The molecule has 2 aromatic carbocycles. The molecule has 1 amide bonds. The number of carbonyl (C=O) groups excluding carboxylic acids is 1. The highest BCUT2D eigenvalue weighted by Gasteiger charge is 2.19. The predicted octanol–water partition coefficient (Wildman–Crippen LogP) is 6.32. The Morgan fingerprint density at radius 2 is 1.92 bits per heavy atom. The average Bonchev–Trinajstić information content (AvgIpc) is 2.97. The van der Waals surface area contributed by atoms with Crippen molar-refractivity contribution in [2.24, 2.45) is 0 Å². The minimum atomic E-state index is -0.787. The van der Waals surface area contributed by atoms with Gasteiger partial charge in [0, 0.05) is 5.02 Å². The molecule has 0 aliphatic carbocycles. The number of halogens is 4. The van der Waals surface area contributed by atoms with Gasteiger partial charge in [-0.2, -0.15) is 0 Å². The Morgan fingerprint density at radius 1 is 1.16 bits per heavy atom. The number of carbonyl (C=O) groups is 1. The van der Waals surface area contributed by atoms with Crippen LogP contribution in [0, 0.1) is 0 Å². The molecular formula is C16H10Cl4N2O2S. The third-order valence-electron chi connectivity index (χ3n) is 3.25. The first kappa shape index (κ1) is 18.5. The zero-order valence-corrected chi connectivity index (χ0v) is 16.5. The van der Waals surface area contributed by atoms with Gasteiger partial charge in [0.1, 0.15) is 11.3 Å². The van der Waals surface area contributed by atoms with E-state index in [9.17, 15) is 4.79 Å². The first-order valence-electron chi connectivity index (χ1n) is 7.02. The molecule has 25 heavy (non-hydrogen) atoms. The van der Waals surface area contributed by atoms with E-state index in [0.717, 1.165) is 4.70 Å². The van der Waals surface area contributed by atoms with Crippen LogP contribution in [0.25, 0.3) is 10.2 Å². The number of amides is 1. The Hall–Kier alpha value is -1.24. The average molecular weight is 436 g/mol. The van der Waals surface area contributed by atoms with E-state index < -0.39 is 6.10 Å². The summed E-state index contributed by atoms with van der Waals surface area (Å²) >= 11 is 25.3. The number of benzene rings is 2. The maximum atomic E-state index is 12.3. The van der Waals surface area contributed by atoms with Gasteiger partial charge < -0.3 is 4.74 Å². The van der Waals surface area contributed by atoms with E-state index in [0.29, 0.717) is 36.5 Å². The lowest BCUT2D eigenvalue weighted by molar-refractivity contribution is -0.122. The summed E-state index contributed by atoms with van der Waals surface area (Å²) < 4.78 is 6.40. The highest BCUT2D eigenvalue weighted by atomic mass is 35.5. The number of nitrogens with zero attached hydrogens (tertiary/aromatic N) is 1. The lowest BCUT2D eigenvalue weighted by Crippen LogP contribution is -2.30. The molecule has 9 heteroatoms. The number of rotatable bonds is 4.